The molecule has 3 amide bonds. The molecule has 2 aliphatic carbocycles. The summed E-state index contributed by atoms with van der Waals surface area (Å²) in [5.74, 6) is -3.17. The lowest BCUT2D eigenvalue weighted by Crippen LogP contribution is -2.37. The molecule has 5 rings (SSSR count). The van der Waals surface area contributed by atoms with E-state index in [9.17, 15) is 19.2 Å². The fraction of sp³-hybridized carbons (Fsp3) is 0.360. The predicted octanol–water partition coefficient (Wildman–Crippen LogP) is 4.41. The van der Waals surface area contributed by atoms with Gasteiger partial charge >= 0.3 is 5.97 Å². The summed E-state index contributed by atoms with van der Waals surface area (Å²) < 4.78 is 5.13. The minimum Gasteiger partial charge on any atom is -0.452 e. The van der Waals surface area contributed by atoms with Gasteiger partial charge in [0.2, 0.25) is 11.8 Å². The van der Waals surface area contributed by atoms with E-state index in [0.717, 1.165) is 10.5 Å². The van der Waals surface area contributed by atoms with Crippen LogP contribution in [0, 0.1) is 30.6 Å². The average molecular weight is 536 g/mol. The largest absolute Gasteiger partial charge is 0.452 e. The summed E-state index contributed by atoms with van der Waals surface area (Å²) in [4.78, 5) is 52.2. The van der Waals surface area contributed by atoms with Gasteiger partial charge in [-0.1, -0.05) is 23.7 Å². The highest BCUT2D eigenvalue weighted by Crippen LogP contribution is 2.59. The zero-order valence-corrected chi connectivity index (χ0v) is 20.8. The Kier molecular flexibility index (Phi) is 6.28. The van der Waals surface area contributed by atoms with Crippen molar-refractivity contribution < 1.29 is 23.9 Å². The molecule has 2 aromatic rings. The molecule has 7 nitrogen and oxygen atoms in total. The van der Waals surface area contributed by atoms with Gasteiger partial charge in [-0.05, 0) is 61.1 Å². The highest BCUT2D eigenvalue weighted by molar-refractivity contribution is 6.32. The number of amides is 3. The Labute approximate surface area is 216 Å². The molecular formula is C25H21Cl3N2O5. The normalized spacial score (nSPS) is 28.9. The van der Waals surface area contributed by atoms with E-state index in [1.54, 1.807) is 30.3 Å². The molecule has 2 bridgehead atoms. The third-order valence-electron chi connectivity index (χ3n) is 7.12. The molecule has 1 saturated heterocycles. The van der Waals surface area contributed by atoms with Gasteiger partial charge in [-0.2, -0.15) is 0 Å². The molecule has 10 heteroatoms. The number of nitrogens with one attached hydrogen (secondary N) is 1. The molecule has 3 aliphatic rings. The van der Waals surface area contributed by atoms with Crippen molar-refractivity contribution in [3.8, 4) is 0 Å². The maximum atomic E-state index is 13.2. The number of nitrogens with zero attached hydrogens (tertiary/aromatic N) is 1. The van der Waals surface area contributed by atoms with Crippen LogP contribution in [0.2, 0.25) is 5.02 Å². The second kappa shape index (κ2) is 9.12. The summed E-state index contributed by atoms with van der Waals surface area (Å²) in [6.45, 7) is 1.32. The van der Waals surface area contributed by atoms with E-state index in [-0.39, 0.29) is 45.7 Å². The Morgan fingerprint density at radius 3 is 2.31 bits per heavy atom. The van der Waals surface area contributed by atoms with Crippen molar-refractivity contribution in [2.45, 2.75) is 24.1 Å². The number of esters is 1. The highest BCUT2D eigenvalue weighted by atomic mass is 35.5. The quantitative estimate of drug-likeness (QED) is 0.348. The SMILES string of the molecule is Cc1ccc(NC(=O)COC(=O)c2cccc(N3C(=O)[C@@H]4[C@H]5C[C@@H]([C@@H](Cl)[C@H]5Cl)[C@H]4C3=O)c2)cc1Cl. The van der Waals surface area contributed by atoms with Crippen molar-refractivity contribution in [3.63, 3.8) is 0 Å². The van der Waals surface area contributed by atoms with Crippen LogP contribution in [0.25, 0.3) is 0 Å². The lowest BCUT2D eigenvalue weighted by atomic mass is 9.80. The second-order valence-corrected chi connectivity index (χ2v) is 10.6. The number of halogens is 3. The highest BCUT2D eigenvalue weighted by Gasteiger charge is 2.66. The summed E-state index contributed by atoms with van der Waals surface area (Å²) in [7, 11) is 0. The molecule has 1 aliphatic heterocycles. The van der Waals surface area contributed by atoms with Crippen LogP contribution in [0.4, 0.5) is 11.4 Å². The van der Waals surface area contributed by atoms with Crippen molar-refractivity contribution in [1.82, 2.24) is 0 Å². The number of carbonyl (C=O) groups is 4. The Morgan fingerprint density at radius 1 is 1.03 bits per heavy atom. The van der Waals surface area contributed by atoms with Crippen LogP contribution < -0.4 is 10.2 Å². The zero-order valence-electron chi connectivity index (χ0n) is 18.5. The van der Waals surface area contributed by atoms with E-state index < -0.39 is 30.3 Å². The van der Waals surface area contributed by atoms with Gasteiger partial charge in [0.15, 0.2) is 6.61 Å². The number of fused-ring (bicyclic) bond motifs is 5. The summed E-state index contributed by atoms with van der Waals surface area (Å²) >= 11 is 18.9. The Hall–Kier alpha value is -2.61. The summed E-state index contributed by atoms with van der Waals surface area (Å²) in [6.07, 6.45) is 0.673. The molecule has 182 valence electrons. The number of imide groups is 1. The third kappa shape index (κ3) is 4.09. The molecular weight excluding hydrogens is 515 g/mol. The minimum absolute atomic E-state index is 0.111. The van der Waals surface area contributed by atoms with Crippen molar-refractivity contribution >= 4 is 69.9 Å². The van der Waals surface area contributed by atoms with Crippen LogP contribution in [-0.2, 0) is 19.1 Å². The number of alkyl halides is 2. The number of anilines is 2. The first-order chi connectivity index (χ1) is 16.7. The molecule has 0 unspecified atom stereocenters. The standard InChI is InChI=1S/C25H21Cl3N2O5/c1-11-5-6-13(8-17(11)26)29-18(31)10-35-25(34)12-3-2-4-14(7-12)30-23(32)19-15-9-16(20(19)24(30)33)22(28)21(15)27/h2-8,15-16,19-22H,9-10H2,1H3,(H,29,31)/t15-,16-,19-,20-,21-,22+/m1/s1. The predicted molar refractivity (Wildman–Crippen MR) is 132 cm³/mol. The van der Waals surface area contributed by atoms with E-state index >= 15 is 0 Å². The average Bonchev–Trinajstić information content (AvgIpc) is 3.44. The Bertz CT molecular complexity index is 1220. The third-order valence-corrected chi connectivity index (χ3v) is 8.84. The van der Waals surface area contributed by atoms with Crippen LogP contribution in [0.15, 0.2) is 42.5 Å². The fourth-order valence-electron chi connectivity index (χ4n) is 5.46. The molecule has 0 aromatic heterocycles. The first kappa shape index (κ1) is 24.1. The number of hydrogen-bond donors (Lipinski definition) is 1. The summed E-state index contributed by atoms with van der Waals surface area (Å²) in [5.41, 5.74) is 1.73. The number of rotatable bonds is 5. The van der Waals surface area contributed by atoms with Gasteiger partial charge in [-0.25, -0.2) is 4.79 Å². The smallest absolute Gasteiger partial charge is 0.338 e. The maximum Gasteiger partial charge on any atom is 0.338 e. The topological polar surface area (TPSA) is 92.8 Å². The molecule has 6 atom stereocenters. The fourth-order valence-corrected chi connectivity index (χ4v) is 6.53. The van der Waals surface area contributed by atoms with Crippen molar-refractivity contribution in [2.75, 3.05) is 16.8 Å². The maximum absolute atomic E-state index is 13.2. The molecule has 2 saturated carbocycles. The second-order valence-electron chi connectivity index (χ2n) is 9.15. The molecule has 35 heavy (non-hydrogen) atoms. The van der Waals surface area contributed by atoms with Crippen LogP contribution in [0.5, 0.6) is 0 Å². The van der Waals surface area contributed by atoms with Crippen molar-refractivity contribution in [3.05, 3.63) is 58.6 Å². The number of hydrogen-bond acceptors (Lipinski definition) is 5. The van der Waals surface area contributed by atoms with E-state index in [1.807, 2.05) is 6.92 Å². The molecule has 0 radical (unpaired) electrons. The van der Waals surface area contributed by atoms with Crippen LogP contribution in [0.1, 0.15) is 22.3 Å². The van der Waals surface area contributed by atoms with E-state index in [0.29, 0.717) is 17.1 Å². The van der Waals surface area contributed by atoms with E-state index in [2.05, 4.69) is 5.32 Å². The summed E-state index contributed by atoms with van der Waals surface area (Å²) in [6, 6.07) is 11.1. The molecule has 1 N–H and O–H groups in total. The Morgan fingerprint density at radius 2 is 1.69 bits per heavy atom. The van der Waals surface area contributed by atoms with Crippen molar-refractivity contribution in [2.24, 2.45) is 23.7 Å². The summed E-state index contributed by atoms with van der Waals surface area (Å²) in [5, 5.41) is 2.42. The first-order valence-corrected chi connectivity index (χ1v) is 12.4. The van der Waals surface area contributed by atoms with Crippen LogP contribution in [0.3, 0.4) is 0 Å². The number of carbonyl (C=O) groups excluding carboxylic acids is 4. The first-order valence-electron chi connectivity index (χ1n) is 11.2. The van der Waals surface area contributed by atoms with Crippen LogP contribution >= 0.6 is 34.8 Å². The van der Waals surface area contributed by atoms with Crippen LogP contribution in [-0.4, -0.2) is 41.1 Å². The molecule has 3 fully saturated rings. The van der Waals surface area contributed by atoms with Gasteiger partial charge in [0, 0.05) is 10.7 Å². The lowest BCUT2D eigenvalue weighted by Gasteiger charge is -2.28. The van der Waals surface area contributed by atoms with Gasteiger partial charge in [-0.3, -0.25) is 19.3 Å². The number of aryl methyl sites for hydroxylation is 1. The monoisotopic (exact) mass is 534 g/mol. The molecule has 1 heterocycles. The van der Waals surface area contributed by atoms with Gasteiger partial charge < -0.3 is 10.1 Å². The molecule has 2 aromatic carbocycles. The van der Waals surface area contributed by atoms with Crippen molar-refractivity contribution in [1.29, 1.82) is 0 Å². The number of benzene rings is 2. The van der Waals surface area contributed by atoms with Gasteiger partial charge in [0.25, 0.3) is 5.91 Å². The van der Waals surface area contributed by atoms with Gasteiger partial charge in [-0.15, -0.1) is 23.2 Å². The lowest BCUT2D eigenvalue weighted by molar-refractivity contribution is -0.123. The molecule has 0 spiro atoms. The Balaban J connectivity index is 1.26. The van der Waals surface area contributed by atoms with E-state index in [4.69, 9.17) is 39.5 Å². The van der Waals surface area contributed by atoms with Gasteiger partial charge in [0.05, 0.1) is 33.8 Å². The minimum atomic E-state index is -0.759. The van der Waals surface area contributed by atoms with E-state index in [1.165, 1.54) is 12.1 Å². The number of ether oxygens (including phenoxy) is 1. The van der Waals surface area contributed by atoms with Gasteiger partial charge in [0.1, 0.15) is 0 Å². The zero-order chi connectivity index (χ0) is 25.0.